The van der Waals surface area contributed by atoms with E-state index in [0.717, 1.165) is 5.56 Å². The number of ether oxygens (including phenoxy) is 5. The van der Waals surface area contributed by atoms with E-state index in [4.69, 9.17) is 28.1 Å². The Labute approximate surface area is 246 Å². The molecular formula is C32H42O10. The summed E-state index contributed by atoms with van der Waals surface area (Å²) in [4.78, 5) is 50.9. The Morgan fingerprint density at radius 3 is 2.05 bits per heavy atom. The molecule has 1 aromatic rings. The number of hydrogen-bond donors (Lipinski definition) is 0. The highest BCUT2D eigenvalue weighted by Crippen LogP contribution is 2.80. The van der Waals surface area contributed by atoms with Crippen molar-refractivity contribution < 1.29 is 47.3 Å². The number of carbonyl (C=O) groups is 4. The Morgan fingerprint density at radius 2 is 1.45 bits per heavy atom. The van der Waals surface area contributed by atoms with E-state index in [1.807, 2.05) is 6.07 Å². The molecule has 0 aromatic carbocycles. The predicted octanol–water partition coefficient (Wildman–Crippen LogP) is 4.69. The number of fused-ring (bicyclic) bond motifs is 3. The van der Waals surface area contributed by atoms with Crippen LogP contribution in [0.25, 0.3) is 0 Å². The van der Waals surface area contributed by atoms with Crippen molar-refractivity contribution in [2.24, 2.45) is 33.5 Å². The minimum absolute atomic E-state index is 0.159. The van der Waals surface area contributed by atoms with Gasteiger partial charge in [0.2, 0.25) is 0 Å². The van der Waals surface area contributed by atoms with Crippen LogP contribution in [0.3, 0.4) is 0 Å². The van der Waals surface area contributed by atoms with Crippen molar-refractivity contribution in [3.63, 3.8) is 0 Å². The third-order valence-electron chi connectivity index (χ3n) is 12.2. The van der Waals surface area contributed by atoms with Crippen molar-refractivity contribution in [3.8, 4) is 0 Å². The zero-order valence-corrected chi connectivity index (χ0v) is 25.7. The molecule has 3 aliphatic carbocycles. The van der Waals surface area contributed by atoms with E-state index in [1.165, 1.54) is 20.8 Å². The van der Waals surface area contributed by atoms with E-state index in [9.17, 15) is 19.2 Å². The van der Waals surface area contributed by atoms with Crippen LogP contribution in [-0.4, -0.2) is 53.9 Å². The van der Waals surface area contributed by atoms with Gasteiger partial charge < -0.3 is 28.1 Å². The first-order valence-corrected chi connectivity index (χ1v) is 15.0. The molecule has 3 heterocycles. The molecule has 0 bridgehead atoms. The molecule has 0 radical (unpaired) electrons. The maximum Gasteiger partial charge on any atom is 0.339 e. The van der Waals surface area contributed by atoms with Crippen LogP contribution in [0.15, 0.2) is 23.0 Å². The molecule has 5 aliphatic rings. The van der Waals surface area contributed by atoms with Gasteiger partial charge in [-0.2, -0.15) is 0 Å². The summed E-state index contributed by atoms with van der Waals surface area (Å²) < 4.78 is 36.2. The molecular weight excluding hydrogens is 544 g/mol. The van der Waals surface area contributed by atoms with Gasteiger partial charge in [0, 0.05) is 54.4 Å². The van der Waals surface area contributed by atoms with E-state index in [-0.39, 0.29) is 11.8 Å². The average Bonchev–Trinajstić information content (AvgIpc) is 3.45. The first-order valence-electron chi connectivity index (χ1n) is 15.0. The lowest BCUT2D eigenvalue weighted by Gasteiger charge is -2.71. The quantitative estimate of drug-likeness (QED) is 0.278. The lowest BCUT2D eigenvalue weighted by atomic mass is 9.34. The predicted molar refractivity (Wildman–Crippen MR) is 145 cm³/mol. The fourth-order valence-electron chi connectivity index (χ4n) is 10.6. The molecule has 6 rings (SSSR count). The Bertz CT molecular complexity index is 1320. The summed E-state index contributed by atoms with van der Waals surface area (Å²) in [6.45, 7) is 14.7. The van der Waals surface area contributed by atoms with Crippen molar-refractivity contribution in [3.05, 3.63) is 24.2 Å². The fourth-order valence-corrected chi connectivity index (χ4v) is 10.6. The van der Waals surface area contributed by atoms with Crippen molar-refractivity contribution >= 4 is 23.9 Å². The highest BCUT2D eigenvalue weighted by atomic mass is 16.7. The molecule has 1 aromatic heterocycles. The highest BCUT2D eigenvalue weighted by Gasteiger charge is 2.89. The van der Waals surface area contributed by atoms with Crippen LogP contribution in [0.2, 0.25) is 0 Å². The molecule has 42 heavy (non-hydrogen) atoms. The zero-order valence-electron chi connectivity index (χ0n) is 25.7. The van der Waals surface area contributed by atoms with Crippen LogP contribution in [0.4, 0.5) is 0 Å². The Hall–Kier alpha value is -2.88. The Balaban J connectivity index is 1.54. The standard InChI is InChI=1S/C32H42O10/c1-16(33)38-22-14-23(39-17(2)34)30(7)20-9-11-29(6)25(19-10-12-37-15-19)41-27(36)26-32(29,42-26)31(20,8)24(40-18(3)35)13-21(30)28(22,4)5/h10,12,15,20-26H,9,11,13-14H2,1-8H3/t20-,21+,22+,23-,24-,25-,26+,29-,30+,31-,32+/m0/s1. The van der Waals surface area contributed by atoms with Crippen molar-refractivity contribution in [2.75, 3.05) is 0 Å². The van der Waals surface area contributed by atoms with Crippen molar-refractivity contribution in [1.82, 2.24) is 0 Å². The van der Waals surface area contributed by atoms with E-state index in [1.54, 1.807) is 12.5 Å². The second-order valence-corrected chi connectivity index (χ2v) is 14.4. The SMILES string of the molecule is CC(=O)O[C@H]1C[C@@H](OC(C)=O)C(C)(C)[C@H]2C[C@H](OC(C)=O)[C@]3(C)[C@@H](CC[C@@]4(C)[C@H](c5ccoc5)OC(=O)[C@H]5O[C@@]534)[C@@]12C. The van der Waals surface area contributed by atoms with E-state index < -0.39 is 81.7 Å². The van der Waals surface area contributed by atoms with Crippen molar-refractivity contribution in [2.45, 2.75) is 117 Å². The third kappa shape index (κ3) is 3.53. The van der Waals surface area contributed by atoms with Gasteiger partial charge in [0.05, 0.1) is 12.5 Å². The van der Waals surface area contributed by atoms with Gasteiger partial charge in [0.15, 0.2) is 6.10 Å². The molecule has 2 aliphatic heterocycles. The van der Waals surface area contributed by atoms with Crippen LogP contribution in [0.5, 0.6) is 0 Å². The number of cyclic esters (lactones) is 1. The van der Waals surface area contributed by atoms with E-state index in [0.29, 0.717) is 25.7 Å². The monoisotopic (exact) mass is 586 g/mol. The molecule has 230 valence electrons. The summed E-state index contributed by atoms with van der Waals surface area (Å²) in [5, 5.41) is 0. The summed E-state index contributed by atoms with van der Waals surface area (Å²) >= 11 is 0. The number of rotatable bonds is 4. The summed E-state index contributed by atoms with van der Waals surface area (Å²) in [5.41, 5.74) is -2.88. The molecule has 10 nitrogen and oxygen atoms in total. The van der Waals surface area contributed by atoms with Gasteiger partial charge in [-0.25, -0.2) is 4.79 Å². The van der Waals surface area contributed by atoms with Gasteiger partial charge >= 0.3 is 23.9 Å². The third-order valence-corrected chi connectivity index (χ3v) is 12.2. The normalized spacial score (nSPS) is 46.5. The van der Waals surface area contributed by atoms with Crippen molar-refractivity contribution in [1.29, 1.82) is 0 Å². The summed E-state index contributed by atoms with van der Waals surface area (Å²) in [6.07, 6.45) is 2.16. The molecule has 10 heteroatoms. The summed E-state index contributed by atoms with van der Waals surface area (Å²) in [7, 11) is 0. The molecule has 3 saturated carbocycles. The van der Waals surface area contributed by atoms with Gasteiger partial charge in [0.25, 0.3) is 0 Å². The van der Waals surface area contributed by atoms with Gasteiger partial charge in [-0.15, -0.1) is 0 Å². The van der Waals surface area contributed by atoms with E-state index >= 15 is 0 Å². The zero-order chi connectivity index (χ0) is 30.6. The molecule has 2 saturated heterocycles. The number of carbonyl (C=O) groups excluding carboxylic acids is 4. The van der Waals surface area contributed by atoms with Crippen LogP contribution in [0, 0.1) is 33.5 Å². The molecule has 5 fully saturated rings. The van der Waals surface area contributed by atoms with Crippen LogP contribution in [0.1, 0.15) is 92.7 Å². The fraction of sp³-hybridized carbons (Fsp3) is 0.750. The van der Waals surface area contributed by atoms with Gasteiger partial charge in [-0.1, -0.05) is 34.6 Å². The highest BCUT2D eigenvalue weighted by molar-refractivity contribution is 5.82. The second-order valence-electron chi connectivity index (χ2n) is 14.4. The minimum atomic E-state index is -0.994. The number of hydrogen-bond acceptors (Lipinski definition) is 10. The first kappa shape index (κ1) is 29.2. The van der Waals surface area contributed by atoms with Gasteiger partial charge in [-0.3, -0.25) is 14.4 Å². The van der Waals surface area contributed by atoms with Gasteiger partial charge in [-0.05, 0) is 37.2 Å². The lowest BCUT2D eigenvalue weighted by molar-refractivity contribution is -0.298. The smallest absolute Gasteiger partial charge is 0.339 e. The van der Waals surface area contributed by atoms with Crippen LogP contribution >= 0.6 is 0 Å². The topological polar surface area (TPSA) is 131 Å². The Morgan fingerprint density at radius 1 is 0.833 bits per heavy atom. The van der Waals surface area contributed by atoms with E-state index in [2.05, 4.69) is 34.6 Å². The molecule has 0 amide bonds. The maximum atomic E-state index is 13.5. The largest absolute Gasteiger partial charge is 0.472 e. The van der Waals surface area contributed by atoms with Crippen LogP contribution < -0.4 is 0 Å². The molecule has 11 atom stereocenters. The maximum absolute atomic E-state index is 13.5. The summed E-state index contributed by atoms with van der Waals surface area (Å²) in [5.74, 6) is -2.01. The first-order chi connectivity index (χ1) is 19.5. The number of esters is 4. The average molecular weight is 587 g/mol. The molecule has 0 unspecified atom stereocenters. The lowest BCUT2D eigenvalue weighted by Crippen LogP contribution is -2.75. The second kappa shape index (κ2) is 9.07. The molecule has 1 spiro atoms. The number of furan rings is 1. The number of epoxide rings is 1. The van der Waals surface area contributed by atoms with Gasteiger partial charge in [0.1, 0.15) is 30.0 Å². The Kier molecular flexibility index (Phi) is 6.30. The van der Waals surface area contributed by atoms with Crippen LogP contribution in [-0.2, 0) is 42.9 Å². The summed E-state index contributed by atoms with van der Waals surface area (Å²) in [6, 6.07) is 1.81. The molecule has 0 N–H and O–H groups in total. The minimum Gasteiger partial charge on any atom is -0.472 e.